The third-order valence-corrected chi connectivity index (χ3v) is 6.50. The number of hydrogen-bond acceptors (Lipinski definition) is 4. The SMILES string of the molecule is CC(CCC(=O)N(C1CC1)C(C)C(=O)O)NC(=O)OCC1c2ccccc2-c2ccccc21. The highest BCUT2D eigenvalue weighted by atomic mass is 16.5. The minimum Gasteiger partial charge on any atom is -0.480 e. The van der Waals surface area contributed by atoms with Gasteiger partial charge in [-0.2, -0.15) is 0 Å². The molecule has 0 heterocycles. The molecule has 2 atom stereocenters. The van der Waals surface area contributed by atoms with Crippen LogP contribution < -0.4 is 5.32 Å². The number of amides is 2. The molecule has 0 saturated heterocycles. The molecule has 2 aliphatic carbocycles. The van der Waals surface area contributed by atoms with Gasteiger partial charge in [-0.1, -0.05) is 48.5 Å². The largest absolute Gasteiger partial charge is 0.480 e. The van der Waals surface area contributed by atoms with Crippen molar-refractivity contribution < 1.29 is 24.2 Å². The van der Waals surface area contributed by atoms with Gasteiger partial charge in [-0.15, -0.1) is 0 Å². The number of rotatable bonds is 9. The number of aliphatic carboxylic acids is 1. The fraction of sp³-hybridized carbons (Fsp3) is 0.423. The van der Waals surface area contributed by atoms with Gasteiger partial charge in [-0.3, -0.25) is 4.79 Å². The van der Waals surface area contributed by atoms with Crippen LogP contribution >= 0.6 is 0 Å². The zero-order valence-corrected chi connectivity index (χ0v) is 19.0. The van der Waals surface area contributed by atoms with E-state index >= 15 is 0 Å². The van der Waals surface area contributed by atoms with Crippen LogP contribution in [0.25, 0.3) is 11.1 Å². The number of alkyl carbamates (subject to hydrolysis) is 1. The number of hydrogen-bond donors (Lipinski definition) is 2. The van der Waals surface area contributed by atoms with Crippen LogP contribution in [0, 0.1) is 0 Å². The van der Waals surface area contributed by atoms with E-state index in [-0.39, 0.29) is 36.9 Å². The third-order valence-electron chi connectivity index (χ3n) is 6.50. The van der Waals surface area contributed by atoms with Crippen LogP contribution in [0.15, 0.2) is 48.5 Å². The molecule has 0 aliphatic heterocycles. The van der Waals surface area contributed by atoms with Crippen molar-refractivity contribution in [3.05, 3.63) is 59.7 Å². The fourth-order valence-electron chi connectivity index (χ4n) is 4.59. The quantitative estimate of drug-likeness (QED) is 0.598. The standard InChI is InChI=1S/C26H30N2O5/c1-16(11-14-24(29)28(18-12-13-18)17(2)25(30)31)27-26(32)33-15-23-21-9-5-3-7-19(21)20-8-4-6-10-22(20)23/h3-10,16-18,23H,11-15H2,1-2H3,(H,27,32)(H,30,31). The lowest BCUT2D eigenvalue weighted by atomic mass is 9.98. The number of carbonyl (C=O) groups is 3. The molecule has 0 spiro atoms. The van der Waals surface area contributed by atoms with Crippen LogP contribution in [0.5, 0.6) is 0 Å². The number of fused-ring (bicyclic) bond motifs is 3. The van der Waals surface area contributed by atoms with Crippen molar-refractivity contribution in [2.24, 2.45) is 0 Å². The van der Waals surface area contributed by atoms with E-state index in [0.717, 1.165) is 24.0 Å². The minimum absolute atomic E-state index is 0.00959. The highest BCUT2D eigenvalue weighted by Gasteiger charge is 2.38. The summed E-state index contributed by atoms with van der Waals surface area (Å²) < 4.78 is 5.56. The maximum Gasteiger partial charge on any atom is 0.407 e. The summed E-state index contributed by atoms with van der Waals surface area (Å²) in [5, 5.41) is 12.1. The predicted molar refractivity (Wildman–Crippen MR) is 124 cm³/mol. The number of ether oxygens (including phenoxy) is 1. The molecule has 33 heavy (non-hydrogen) atoms. The second-order valence-corrected chi connectivity index (χ2v) is 8.96. The van der Waals surface area contributed by atoms with Gasteiger partial charge in [0.1, 0.15) is 12.6 Å². The molecule has 2 aromatic rings. The molecule has 7 heteroatoms. The Morgan fingerprint density at radius 1 is 1.03 bits per heavy atom. The lowest BCUT2D eigenvalue weighted by Crippen LogP contribution is -2.45. The van der Waals surface area contributed by atoms with E-state index in [4.69, 9.17) is 4.74 Å². The first-order valence-electron chi connectivity index (χ1n) is 11.5. The number of benzene rings is 2. The molecule has 174 valence electrons. The molecule has 0 bridgehead atoms. The Hall–Kier alpha value is -3.35. The number of nitrogens with one attached hydrogen (secondary N) is 1. The molecule has 2 N–H and O–H groups in total. The molecule has 4 rings (SSSR count). The Labute approximate surface area is 193 Å². The van der Waals surface area contributed by atoms with E-state index in [2.05, 4.69) is 29.6 Å². The molecule has 1 fully saturated rings. The van der Waals surface area contributed by atoms with Gasteiger partial charge < -0.3 is 20.1 Å². The monoisotopic (exact) mass is 450 g/mol. The summed E-state index contributed by atoms with van der Waals surface area (Å²) in [5.74, 6) is -1.20. The summed E-state index contributed by atoms with van der Waals surface area (Å²) in [5.41, 5.74) is 4.64. The Morgan fingerprint density at radius 2 is 1.61 bits per heavy atom. The van der Waals surface area contributed by atoms with Gasteiger partial charge >= 0.3 is 12.1 Å². The van der Waals surface area contributed by atoms with Gasteiger partial charge in [0.15, 0.2) is 0 Å². The summed E-state index contributed by atoms with van der Waals surface area (Å²) in [6, 6.07) is 15.2. The van der Waals surface area contributed by atoms with Gasteiger partial charge in [0.25, 0.3) is 0 Å². The van der Waals surface area contributed by atoms with E-state index in [0.29, 0.717) is 6.42 Å². The Bertz CT molecular complexity index is 1000. The van der Waals surface area contributed by atoms with Crippen molar-refractivity contribution in [3.8, 4) is 11.1 Å². The smallest absolute Gasteiger partial charge is 0.407 e. The van der Waals surface area contributed by atoms with Crippen LogP contribution in [0.1, 0.15) is 56.6 Å². The van der Waals surface area contributed by atoms with Gasteiger partial charge in [-0.25, -0.2) is 9.59 Å². The summed E-state index contributed by atoms with van der Waals surface area (Å²) in [6.07, 6.45) is 1.76. The van der Waals surface area contributed by atoms with Crippen LogP contribution in [0.2, 0.25) is 0 Å². The molecule has 2 unspecified atom stereocenters. The highest BCUT2D eigenvalue weighted by Crippen LogP contribution is 2.44. The minimum atomic E-state index is -1.000. The van der Waals surface area contributed by atoms with Gasteiger partial charge in [0, 0.05) is 24.4 Å². The first-order chi connectivity index (χ1) is 15.9. The Kier molecular flexibility index (Phi) is 6.67. The summed E-state index contributed by atoms with van der Waals surface area (Å²) in [7, 11) is 0. The van der Waals surface area contributed by atoms with Crippen LogP contribution in [-0.4, -0.2) is 52.7 Å². The van der Waals surface area contributed by atoms with Crippen LogP contribution in [-0.2, 0) is 14.3 Å². The molecule has 0 aromatic heterocycles. The van der Waals surface area contributed by atoms with Crippen molar-refractivity contribution >= 4 is 18.0 Å². The molecule has 7 nitrogen and oxygen atoms in total. The first kappa shape index (κ1) is 22.8. The fourth-order valence-corrected chi connectivity index (χ4v) is 4.59. The molecule has 2 amide bonds. The number of nitrogens with zero attached hydrogens (tertiary/aromatic N) is 1. The second kappa shape index (κ2) is 9.65. The zero-order valence-electron chi connectivity index (χ0n) is 19.0. The lowest BCUT2D eigenvalue weighted by molar-refractivity contribution is -0.150. The van der Waals surface area contributed by atoms with E-state index in [1.807, 2.05) is 31.2 Å². The third kappa shape index (κ3) is 5.02. The first-order valence-corrected chi connectivity index (χ1v) is 11.5. The normalized spacial score (nSPS) is 16.3. The molecular formula is C26H30N2O5. The number of carboxylic acids is 1. The molecule has 2 aliphatic rings. The Balaban J connectivity index is 1.28. The van der Waals surface area contributed by atoms with E-state index in [1.165, 1.54) is 23.0 Å². The molecule has 2 aromatic carbocycles. The topological polar surface area (TPSA) is 95.9 Å². The van der Waals surface area contributed by atoms with Crippen LogP contribution in [0.4, 0.5) is 4.79 Å². The molecular weight excluding hydrogens is 420 g/mol. The van der Waals surface area contributed by atoms with Gasteiger partial charge in [0.05, 0.1) is 0 Å². The van der Waals surface area contributed by atoms with E-state index in [1.54, 1.807) is 0 Å². The van der Waals surface area contributed by atoms with Crippen LogP contribution in [0.3, 0.4) is 0 Å². The Morgan fingerprint density at radius 3 is 2.15 bits per heavy atom. The second-order valence-electron chi connectivity index (χ2n) is 8.96. The summed E-state index contributed by atoms with van der Waals surface area (Å²) in [4.78, 5) is 37.8. The molecule has 1 saturated carbocycles. The maximum absolute atomic E-state index is 12.6. The number of carbonyl (C=O) groups excluding carboxylic acids is 2. The van der Waals surface area contributed by atoms with Crippen molar-refractivity contribution in [1.82, 2.24) is 10.2 Å². The van der Waals surface area contributed by atoms with Gasteiger partial charge in [-0.05, 0) is 55.4 Å². The van der Waals surface area contributed by atoms with Crippen molar-refractivity contribution in [3.63, 3.8) is 0 Å². The van der Waals surface area contributed by atoms with E-state index in [9.17, 15) is 19.5 Å². The van der Waals surface area contributed by atoms with Crippen molar-refractivity contribution in [1.29, 1.82) is 0 Å². The number of carboxylic acid groups (broad SMARTS) is 1. The summed E-state index contributed by atoms with van der Waals surface area (Å²) in [6.45, 7) is 3.59. The average Bonchev–Trinajstić information content (AvgIpc) is 3.58. The maximum atomic E-state index is 12.6. The molecule has 0 radical (unpaired) electrons. The average molecular weight is 451 g/mol. The van der Waals surface area contributed by atoms with Gasteiger partial charge in [0.2, 0.25) is 5.91 Å². The van der Waals surface area contributed by atoms with Crippen molar-refractivity contribution in [2.75, 3.05) is 6.61 Å². The highest BCUT2D eigenvalue weighted by molar-refractivity contribution is 5.84. The lowest BCUT2D eigenvalue weighted by Gasteiger charge is -2.27. The van der Waals surface area contributed by atoms with E-state index < -0.39 is 18.1 Å². The zero-order chi connectivity index (χ0) is 23.5. The van der Waals surface area contributed by atoms with Crippen molar-refractivity contribution in [2.45, 2.75) is 63.6 Å². The summed E-state index contributed by atoms with van der Waals surface area (Å²) >= 11 is 0. The predicted octanol–water partition coefficient (Wildman–Crippen LogP) is 4.16.